The van der Waals surface area contributed by atoms with Gasteiger partial charge in [-0.3, -0.25) is 0 Å². The summed E-state index contributed by atoms with van der Waals surface area (Å²) in [6, 6.07) is 0.471. The van der Waals surface area contributed by atoms with Crippen molar-refractivity contribution in [2.75, 3.05) is 32.7 Å². The molecule has 0 bridgehead atoms. The molecule has 1 aliphatic carbocycles. The topological polar surface area (TPSA) is 41.3 Å². The van der Waals surface area contributed by atoms with E-state index in [-0.39, 0.29) is 0 Å². The summed E-state index contributed by atoms with van der Waals surface area (Å²) in [6.45, 7) is 6.02. The zero-order chi connectivity index (χ0) is 11.9. The maximum absolute atomic E-state index is 6.33. The van der Waals surface area contributed by atoms with E-state index >= 15 is 0 Å². The van der Waals surface area contributed by atoms with Gasteiger partial charge in [0.25, 0.3) is 0 Å². The van der Waals surface area contributed by atoms with Crippen LogP contribution in [0.25, 0.3) is 0 Å². The van der Waals surface area contributed by atoms with Crippen LogP contribution in [-0.4, -0.2) is 43.7 Å². The van der Waals surface area contributed by atoms with Gasteiger partial charge < -0.3 is 16.0 Å². The van der Waals surface area contributed by atoms with E-state index in [1.54, 1.807) is 0 Å². The standard InChI is InChI=1S/C14H29N3/c15-14(13-5-2-1-3-6-13)7-4-10-17-11-8-16-9-12-17/h13-14,16H,1-12,15H2. The second-order valence-corrected chi connectivity index (χ2v) is 5.80. The van der Waals surface area contributed by atoms with Crippen molar-refractivity contribution in [3.8, 4) is 0 Å². The number of nitrogens with zero attached hydrogens (tertiary/aromatic N) is 1. The molecule has 0 spiro atoms. The van der Waals surface area contributed by atoms with Crippen molar-refractivity contribution in [1.82, 2.24) is 10.2 Å². The van der Waals surface area contributed by atoms with E-state index in [0.717, 1.165) is 19.0 Å². The molecule has 1 unspecified atom stereocenters. The van der Waals surface area contributed by atoms with E-state index in [4.69, 9.17) is 5.73 Å². The molecule has 1 aliphatic heterocycles. The van der Waals surface area contributed by atoms with Gasteiger partial charge in [-0.1, -0.05) is 19.3 Å². The molecule has 0 radical (unpaired) electrons. The molecule has 2 fully saturated rings. The predicted molar refractivity (Wildman–Crippen MR) is 73.1 cm³/mol. The molecule has 2 rings (SSSR count). The van der Waals surface area contributed by atoms with Crippen LogP contribution in [0.4, 0.5) is 0 Å². The van der Waals surface area contributed by atoms with Crippen LogP contribution in [0.2, 0.25) is 0 Å². The summed E-state index contributed by atoms with van der Waals surface area (Å²) in [5, 5.41) is 3.40. The normalized spacial score (nSPS) is 25.9. The molecule has 0 amide bonds. The Balaban J connectivity index is 1.57. The first-order valence-electron chi connectivity index (χ1n) is 7.55. The van der Waals surface area contributed by atoms with E-state index < -0.39 is 0 Å². The summed E-state index contributed by atoms with van der Waals surface area (Å²) in [6.07, 6.45) is 9.55. The van der Waals surface area contributed by atoms with Crippen LogP contribution in [0.1, 0.15) is 44.9 Å². The van der Waals surface area contributed by atoms with Crippen molar-refractivity contribution in [3.05, 3.63) is 0 Å². The lowest BCUT2D eigenvalue weighted by molar-refractivity contribution is 0.225. The third-order valence-corrected chi connectivity index (χ3v) is 4.48. The molecule has 3 heteroatoms. The summed E-state index contributed by atoms with van der Waals surface area (Å²) in [4.78, 5) is 2.57. The zero-order valence-corrected chi connectivity index (χ0v) is 11.2. The van der Waals surface area contributed by atoms with Crippen LogP contribution in [0.3, 0.4) is 0 Å². The lowest BCUT2D eigenvalue weighted by Gasteiger charge is -2.30. The molecule has 3 N–H and O–H groups in total. The number of rotatable bonds is 5. The van der Waals surface area contributed by atoms with E-state index in [9.17, 15) is 0 Å². The fourth-order valence-electron chi connectivity index (χ4n) is 3.28. The molecule has 0 aromatic carbocycles. The van der Waals surface area contributed by atoms with Crippen LogP contribution in [0.5, 0.6) is 0 Å². The number of hydrogen-bond acceptors (Lipinski definition) is 3. The van der Waals surface area contributed by atoms with E-state index in [1.165, 1.54) is 64.6 Å². The molecule has 1 heterocycles. The summed E-state index contributed by atoms with van der Waals surface area (Å²) >= 11 is 0. The molecule has 3 nitrogen and oxygen atoms in total. The minimum Gasteiger partial charge on any atom is -0.327 e. The summed E-state index contributed by atoms with van der Waals surface area (Å²) in [5.41, 5.74) is 6.33. The van der Waals surface area contributed by atoms with E-state index in [0.29, 0.717) is 6.04 Å². The highest BCUT2D eigenvalue weighted by Gasteiger charge is 2.20. The van der Waals surface area contributed by atoms with Gasteiger partial charge in [0.15, 0.2) is 0 Å². The average Bonchev–Trinajstić information content (AvgIpc) is 2.41. The van der Waals surface area contributed by atoms with Crippen molar-refractivity contribution >= 4 is 0 Å². The number of piperazine rings is 1. The molecule has 1 atom stereocenters. The molecule has 17 heavy (non-hydrogen) atoms. The number of nitrogens with one attached hydrogen (secondary N) is 1. The Morgan fingerprint density at radius 1 is 1.12 bits per heavy atom. The summed E-state index contributed by atoms with van der Waals surface area (Å²) < 4.78 is 0. The maximum Gasteiger partial charge on any atom is 0.0107 e. The Kier molecular flexibility index (Phi) is 5.75. The van der Waals surface area contributed by atoms with Gasteiger partial charge in [-0.25, -0.2) is 0 Å². The molecule has 0 aromatic heterocycles. The zero-order valence-electron chi connectivity index (χ0n) is 11.2. The highest BCUT2D eigenvalue weighted by molar-refractivity contribution is 4.77. The maximum atomic E-state index is 6.33. The number of hydrogen-bond donors (Lipinski definition) is 2. The third-order valence-electron chi connectivity index (χ3n) is 4.48. The minimum absolute atomic E-state index is 0.471. The first kappa shape index (κ1) is 13.3. The lowest BCUT2D eigenvalue weighted by atomic mass is 9.82. The van der Waals surface area contributed by atoms with Crippen molar-refractivity contribution in [2.24, 2.45) is 11.7 Å². The van der Waals surface area contributed by atoms with Crippen molar-refractivity contribution in [3.63, 3.8) is 0 Å². The van der Waals surface area contributed by atoms with Crippen LogP contribution in [-0.2, 0) is 0 Å². The molecule has 100 valence electrons. The Morgan fingerprint density at radius 3 is 2.53 bits per heavy atom. The van der Waals surface area contributed by atoms with Crippen molar-refractivity contribution < 1.29 is 0 Å². The quantitative estimate of drug-likeness (QED) is 0.765. The Labute approximate surface area is 106 Å². The van der Waals surface area contributed by atoms with Gasteiger partial charge in [-0.2, -0.15) is 0 Å². The smallest absolute Gasteiger partial charge is 0.0107 e. The fourth-order valence-corrected chi connectivity index (χ4v) is 3.28. The SMILES string of the molecule is NC(CCCN1CCNCC1)C1CCCCC1. The van der Waals surface area contributed by atoms with Crippen LogP contribution in [0, 0.1) is 5.92 Å². The van der Waals surface area contributed by atoms with Crippen molar-refractivity contribution in [1.29, 1.82) is 0 Å². The predicted octanol–water partition coefficient (Wildman–Crippen LogP) is 1.58. The Bertz CT molecular complexity index is 196. The monoisotopic (exact) mass is 239 g/mol. The molecular weight excluding hydrogens is 210 g/mol. The largest absolute Gasteiger partial charge is 0.327 e. The third kappa shape index (κ3) is 4.57. The average molecular weight is 239 g/mol. The molecule has 1 saturated carbocycles. The fraction of sp³-hybridized carbons (Fsp3) is 1.00. The van der Waals surface area contributed by atoms with Crippen LogP contribution >= 0.6 is 0 Å². The second kappa shape index (κ2) is 7.34. The van der Waals surface area contributed by atoms with E-state index in [2.05, 4.69) is 10.2 Å². The lowest BCUT2D eigenvalue weighted by Crippen LogP contribution is -2.44. The van der Waals surface area contributed by atoms with Gasteiger partial charge in [0.2, 0.25) is 0 Å². The molecule has 0 aromatic rings. The minimum atomic E-state index is 0.471. The highest BCUT2D eigenvalue weighted by Crippen LogP contribution is 2.27. The van der Waals surface area contributed by atoms with Gasteiger partial charge in [0.05, 0.1) is 0 Å². The Hall–Kier alpha value is -0.120. The van der Waals surface area contributed by atoms with Crippen LogP contribution < -0.4 is 11.1 Å². The first-order valence-corrected chi connectivity index (χ1v) is 7.55. The second-order valence-electron chi connectivity index (χ2n) is 5.80. The Morgan fingerprint density at radius 2 is 1.82 bits per heavy atom. The van der Waals surface area contributed by atoms with Gasteiger partial charge in [-0.15, -0.1) is 0 Å². The molecule has 2 aliphatic rings. The van der Waals surface area contributed by atoms with Crippen molar-refractivity contribution in [2.45, 2.75) is 51.0 Å². The number of nitrogens with two attached hydrogens (primary N) is 1. The summed E-state index contributed by atoms with van der Waals surface area (Å²) in [5.74, 6) is 0.826. The summed E-state index contributed by atoms with van der Waals surface area (Å²) in [7, 11) is 0. The van der Waals surface area contributed by atoms with Gasteiger partial charge in [0, 0.05) is 32.2 Å². The van der Waals surface area contributed by atoms with Gasteiger partial charge >= 0.3 is 0 Å². The first-order chi connectivity index (χ1) is 8.36. The van der Waals surface area contributed by atoms with Gasteiger partial charge in [0.1, 0.15) is 0 Å². The van der Waals surface area contributed by atoms with Gasteiger partial charge in [-0.05, 0) is 38.1 Å². The molecule has 1 saturated heterocycles. The van der Waals surface area contributed by atoms with E-state index in [1.807, 2.05) is 0 Å². The van der Waals surface area contributed by atoms with Crippen LogP contribution in [0.15, 0.2) is 0 Å². The highest BCUT2D eigenvalue weighted by atomic mass is 15.2. The molecular formula is C14H29N3.